The number of rotatable bonds is 4. The predicted molar refractivity (Wildman–Crippen MR) is 105 cm³/mol. The van der Waals surface area contributed by atoms with Crippen molar-refractivity contribution in [3.63, 3.8) is 0 Å². The lowest BCUT2D eigenvalue weighted by atomic mass is 9.65. The van der Waals surface area contributed by atoms with Crippen LogP contribution in [0.3, 0.4) is 0 Å². The number of hydrogen-bond donors (Lipinski definition) is 1. The first-order valence-electron chi connectivity index (χ1n) is 10.7. The summed E-state index contributed by atoms with van der Waals surface area (Å²) in [6.45, 7) is 4.05. The van der Waals surface area contributed by atoms with Crippen molar-refractivity contribution < 1.29 is 19.1 Å². The minimum atomic E-state index is -0.402. The van der Waals surface area contributed by atoms with Crippen molar-refractivity contribution in [1.29, 1.82) is 0 Å². The molecule has 2 saturated heterocycles. The number of nitrogens with one attached hydrogen (secondary N) is 1. The summed E-state index contributed by atoms with van der Waals surface area (Å²) >= 11 is 0. The molecular weight excluding hydrogens is 356 g/mol. The lowest BCUT2D eigenvalue weighted by molar-refractivity contribution is -0.137. The Bertz CT molecular complexity index is 728. The van der Waals surface area contributed by atoms with Gasteiger partial charge < -0.3 is 14.8 Å². The van der Waals surface area contributed by atoms with E-state index in [1.165, 1.54) is 24.8 Å². The third-order valence-electron chi connectivity index (χ3n) is 7.58. The SMILES string of the molecule is CC[C@H]1CN2CCC3(C(=O)NC4=C3CCCC4)C2C[C@@H]1/C(=C\OC)C(=O)OC. The quantitative estimate of drug-likeness (QED) is 0.456. The molecule has 2 unspecified atom stereocenters. The molecule has 4 rings (SSSR count). The number of fused-ring (bicyclic) bond motifs is 3. The molecule has 28 heavy (non-hydrogen) atoms. The van der Waals surface area contributed by atoms with E-state index in [1.54, 1.807) is 13.4 Å². The summed E-state index contributed by atoms with van der Waals surface area (Å²) in [5, 5.41) is 3.23. The maximum absolute atomic E-state index is 13.3. The fourth-order valence-electron chi connectivity index (χ4n) is 6.25. The minimum Gasteiger partial charge on any atom is -0.504 e. The number of methoxy groups -OCH3 is 2. The van der Waals surface area contributed by atoms with Crippen LogP contribution < -0.4 is 5.32 Å². The summed E-state index contributed by atoms with van der Waals surface area (Å²) in [5.74, 6) is 0.279. The molecule has 1 aliphatic carbocycles. The van der Waals surface area contributed by atoms with E-state index in [9.17, 15) is 9.59 Å². The first kappa shape index (κ1) is 19.5. The Morgan fingerprint density at radius 1 is 1.32 bits per heavy atom. The molecule has 6 heteroatoms. The number of esters is 1. The largest absolute Gasteiger partial charge is 0.504 e. The smallest absolute Gasteiger partial charge is 0.337 e. The lowest BCUT2D eigenvalue weighted by Crippen LogP contribution is -2.53. The topological polar surface area (TPSA) is 67.9 Å². The molecule has 1 N–H and O–H groups in total. The molecular formula is C22H32N2O4. The van der Waals surface area contributed by atoms with Crippen LogP contribution in [0.25, 0.3) is 0 Å². The van der Waals surface area contributed by atoms with Crippen LogP contribution in [0.1, 0.15) is 51.9 Å². The standard InChI is InChI=1S/C22H32N2O4/c1-4-14-12-24-10-9-22(17-7-5-6-8-18(17)23-21(22)26)19(24)11-15(14)16(13-27-2)20(25)28-3/h13-15,19H,4-12H2,1-3H3,(H,23,26)/b16-13+/t14-,15-,19?,22?/m0/s1. The molecule has 0 saturated carbocycles. The van der Waals surface area contributed by atoms with Crippen molar-refractivity contribution in [2.75, 3.05) is 27.3 Å². The highest BCUT2D eigenvalue weighted by atomic mass is 16.5. The van der Waals surface area contributed by atoms with E-state index < -0.39 is 5.41 Å². The molecule has 3 aliphatic heterocycles. The third kappa shape index (κ3) is 2.79. The Hall–Kier alpha value is -1.82. The number of piperidine rings is 1. The zero-order valence-electron chi connectivity index (χ0n) is 17.3. The molecule has 0 aromatic heterocycles. The predicted octanol–water partition coefficient (Wildman–Crippen LogP) is 2.75. The molecule has 1 spiro atoms. The summed E-state index contributed by atoms with van der Waals surface area (Å²) in [6.07, 6.45) is 8.58. The van der Waals surface area contributed by atoms with Crippen LogP contribution >= 0.6 is 0 Å². The molecule has 0 bridgehead atoms. The van der Waals surface area contributed by atoms with Crippen LogP contribution in [0.4, 0.5) is 0 Å². The summed E-state index contributed by atoms with van der Waals surface area (Å²) < 4.78 is 10.3. The van der Waals surface area contributed by atoms with Crippen molar-refractivity contribution >= 4 is 11.9 Å². The Labute approximate surface area is 167 Å². The molecule has 0 aromatic carbocycles. The van der Waals surface area contributed by atoms with Crippen molar-refractivity contribution in [2.45, 2.75) is 57.9 Å². The van der Waals surface area contributed by atoms with Gasteiger partial charge in [0.05, 0.1) is 31.5 Å². The van der Waals surface area contributed by atoms with Crippen LogP contribution in [0.5, 0.6) is 0 Å². The van der Waals surface area contributed by atoms with Gasteiger partial charge >= 0.3 is 5.97 Å². The normalized spacial score (nSPS) is 35.6. The highest BCUT2D eigenvalue weighted by Gasteiger charge is 2.60. The van der Waals surface area contributed by atoms with Crippen molar-refractivity contribution in [3.8, 4) is 0 Å². The van der Waals surface area contributed by atoms with Gasteiger partial charge in [0, 0.05) is 18.3 Å². The van der Waals surface area contributed by atoms with Gasteiger partial charge in [0.1, 0.15) is 0 Å². The minimum absolute atomic E-state index is 0.0506. The monoisotopic (exact) mass is 388 g/mol. The summed E-state index contributed by atoms with van der Waals surface area (Å²) in [7, 11) is 2.99. The lowest BCUT2D eigenvalue weighted by Gasteiger charge is -2.45. The van der Waals surface area contributed by atoms with E-state index in [0.717, 1.165) is 51.6 Å². The molecule has 4 atom stereocenters. The second-order valence-electron chi connectivity index (χ2n) is 8.66. The van der Waals surface area contributed by atoms with Gasteiger partial charge in [0.2, 0.25) is 5.91 Å². The van der Waals surface area contributed by atoms with Crippen LogP contribution in [0.2, 0.25) is 0 Å². The van der Waals surface area contributed by atoms with Gasteiger partial charge in [-0.3, -0.25) is 9.69 Å². The van der Waals surface area contributed by atoms with E-state index in [1.807, 2.05) is 0 Å². The number of carbonyl (C=O) groups is 2. The van der Waals surface area contributed by atoms with E-state index in [0.29, 0.717) is 11.5 Å². The maximum atomic E-state index is 13.3. The summed E-state index contributed by atoms with van der Waals surface area (Å²) in [6, 6.07) is 0.149. The first-order chi connectivity index (χ1) is 13.6. The number of amides is 1. The Balaban J connectivity index is 1.70. The van der Waals surface area contributed by atoms with E-state index in [-0.39, 0.29) is 23.8 Å². The van der Waals surface area contributed by atoms with Gasteiger partial charge in [-0.2, -0.15) is 0 Å². The second-order valence-corrected chi connectivity index (χ2v) is 8.66. The van der Waals surface area contributed by atoms with Crippen LogP contribution in [0.15, 0.2) is 23.1 Å². The van der Waals surface area contributed by atoms with Crippen LogP contribution in [-0.2, 0) is 19.1 Å². The van der Waals surface area contributed by atoms with E-state index in [4.69, 9.17) is 9.47 Å². The average Bonchev–Trinajstić information content (AvgIpc) is 3.23. The molecule has 1 amide bonds. The van der Waals surface area contributed by atoms with Crippen molar-refractivity contribution in [3.05, 3.63) is 23.1 Å². The van der Waals surface area contributed by atoms with Gasteiger partial charge in [-0.05, 0) is 62.5 Å². The maximum Gasteiger partial charge on any atom is 0.337 e. The number of allylic oxidation sites excluding steroid dienone is 1. The highest BCUT2D eigenvalue weighted by molar-refractivity contribution is 5.93. The third-order valence-corrected chi connectivity index (χ3v) is 7.58. The molecule has 4 aliphatic rings. The fraction of sp³-hybridized carbons (Fsp3) is 0.727. The van der Waals surface area contributed by atoms with Crippen LogP contribution in [-0.4, -0.2) is 50.1 Å². The summed E-state index contributed by atoms with van der Waals surface area (Å²) in [4.78, 5) is 28.3. The first-order valence-corrected chi connectivity index (χ1v) is 10.7. The molecule has 6 nitrogen and oxygen atoms in total. The Morgan fingerprint density at radius 3 is 2.82 bits per heavy atom. The van der Waals surface area contributed by atoms with Gasteiger partial charge in [0.25, 0.3) is 0 Å². The highest BCUT2D eigenvalue weighted by Crippen LogP contribution is 2.55. The number of nitrogens with zero attached hydrogens (tertiary/aromatic N) is 1. The molecule has 154 valence electrons. The fourth-order valence-corrected chi connectivity index (χ4v) is 6.25. The molecule has 0 aromatic rings. The van der Waals surface area contributed by atoms with Crippen molar-refractivity contribution in [1.82, 2.24) is 10.2 Å². The number of hydrogen-bond acceptors (Lipinski definition) is 5. The second kappa shape index (κ2) is 7.54. The number of carbonyl (C=O) groups excluding carboxylic acids is 2. The Kier molecular flexibility index (Phi) is 5.25. The Morgan fingerprint density at radius 2 is 2.11 bits per heavy atom. The van der Waals surface area contributed by atoms with Gasteiger partial charge in [-0.25, -0.2) is 4.79 Å². The zero-order valence-corrected chi connectivity index (χ0v) is 17.3. The molecule has 0 radical (unpaired) electrons. The van der Waals surface area contributed by atoms with Crippen LogP contribution in [0, 0.1) is 17.3 Å². The van der Waals surface area contributed by atoms with E-state index in [2.05, 4.69) is 17.1 Å². The van der Waals surface area contributed by atoms with E-state index >= 15 is 0 Å². The number of ether oxygens (including phenoxy) is 2. The van der Waals surface area contributed by atoms with Gasteiger partial charge in [-0.1, -0.05) is 13.3 Å². The average molecular weight is 389 g/mol. The van der Waals surface area contributed by atoms with Crippen molar-refractivity contribution in [2.24, 2.45) is 17.3 Å². The van der Waals surface area contributed by atoms with Gasteiger partial charge in [-0.15, -0.1) is 0 Å². The molecule has 2 fully saturated rings. The molecule has 3 heterocycles. The van der Waals surface area contributed by atoms with Gasteiger partial charge in [0.15, 0.2) is 0 Å². The zero-order chi connectivity index (χ0) is 19.9. The summed E-state index contributed by atoms with van der Waals surface area (Å²) in [5.41, 5.74) is 2.75.